The van der Waals surface area contributed by atoms with Gasteiger partial charge < -0.3 is 9.47 Å². The third-order valence-electron chi connectivity index (χ3n) is 4.14. The molecular weight excluding hydrogens is 334 g/mol. The van der Waals surface area contributed by atoms with Gasteiger partial charge in [0.1, 0.15) is 0 Å². The lowest BCUT2D eigenvalue weighted by Gasteiger charge is -2.25. The SMILES string of the molecule is CC=CCC1COC(C#Cc2ccc(-c3ccc(F)c(F)c3)cc2)OC1. The molecule has 1 saturated heterocycles. The van der Waals surface area contributed by atoms with Gasteiger partial charge in [0.2, 0.25) is 6.29 Å². The fourth-order valence-electron chi connectivity index (χ4n) is 2.66. The largest absolute Gasteiger partial charge is 0.342 e. The lowest BCUT2D eigenvalue weighted by Crippen LogP contribution is -2.30. The van der Waals surface area contributed by atoms with Gasteiger partial charge in [-0.15, -0.1) is 0 Å². The van der Waals surface area contributed by atoms with Crippen molar-refractivity contribution >= 4 is 0 Å². The Morgan fingerprint density at radius 2 is 1.69 bits per heavy atom. The van der Waals surface area contributed by atoms with Crippen LogP contribution in [0.5, 0.6) is 0 Å². The minimum Gasteiger partial charge on any atom is -0.342 e. The fourth-order valence-corrected chi connectivity index (χ4v) is 2.66. The molecule has 0 aliphatic carbocycles. The van der Waals surface area contributed by atoms with E-state index in [1.54, 1.807) is 6.07 Å². The van der Waals surface area contributed by atoms with Gasteiger partial charge in [0.25, 0.3) is 0 Å². The van der Waals surface area contributed by atoms with Crippen LogP contribution in [-0.2, 0) is 9.47 Å². The maximum atomic E-state index is 13.3. The summed E-state index contributed by atoms with van der Waals surface area (Å²) >= 11 is 0. The molecule has 0 atom stereocenters. The average Bonchev–Trinajstić information content (AvgIpc) is 2.68. The molecule has 134 valence electrons. The van der Waals surface area contributed by atoms with Crippen molar-refractivity contribution in [3.63, 3.8) is 0 Å². The molecule has 1 heterocycles. The second-order valence-electron chi connectivity index (χ2n) is 6.14. The lowest BCUT2D eigenvalue weighted by atomic mass is 10.0. The Balaban J connectivity index is 1.60. The minimum absolute atomic E-state index is 0.375. The van der Waals surface area contributed by atoms with Crippen molar-refractivity contribution in [2.45, 2.75) is 19.6 Å². The van der Waals surface area contributed by atoms with Gasteiger partial charge in [-0.1, -0.05) is 36.3 Å². The van der Waals surface area contributed by atoms with Gasteiger partial charge in [0.05, 0.1) is 13.2 Å². The summed E-state index contributed by atoms with van der Waals surface area (Å²) < 4.78 is 37.6. The Morgan fingerprint density at radius 1 is 1.00 bits per heavy atom. The zero-order valence-electron chi connectivity index (χ0n) is 14.5. The second-order valence-corrected chi connectivity index (χ2v) is 6.14. The number of hydrogen-bond acceptors (Lipinski definition) is 2. The molecule has 2 nitrogen and oxygen atoms in total. The van der Waals surface area contributed by atoms with E-state index in [1.165, 1.54) is 6.07 Å². The molecule has 1 aliphatic rings. The number of ether oxygens (including phenoxy) is 2. The van der Waals surface area contributed by atoms with Crippen LogP contribution in [0.1, 0.15) is 18.9 Å². The number of halogens is 2. The second kappa shape index (κ2) is 8.75. The van der Waals surface area contributed by atoms with Crippen LogP contribution < -0.4 is 0 Å². The maximum absolute atomic E-state index is 13.3. The van der Waals surface area contributed by atoms with Crippen molar-refractivity contribution in [1.82, 2.24) is 0 Å². The molecule has 0 amide bonds. The van der Waals surface area contributed by atoms with Gasteiger partial charge in [-0.25, -0.2) is 8.78 Å². The summed E-state index contributed by atoms with van der Waals surface area (Å²) in [5.41, 5.74) is 2.22. The van der Waals surface area contributed by atoms with Crippen molar-refractivity contribution < 1.29 is 18.3 Å². The van der Waals surface area contributed by atoms with E-state index in [1.807, 2.05) is 37.3 Å². The topological polar surface area (TPSA) is 18.5 Å². The molecule has 0 aromatic heterocycles. The minimum atomic E-state index is -0.856. The molecular formula is C22H20F2O2. The summed E-state index contributed by atoms with van der Waals surface area (Å²) in [4.78, 5) is 0. The molecule has 4 heteroatoms. The van der Waals surface area contributed by atoms with Crippen LogP contribution in [0.3, 0.4) is 0 Å². The van der Waals surface area contributed by atoms with Gasteiger partial charge in [-0.05, 0) is 54.7 Å². The van der Waals surface area contributed by atoms with E-state index in [2.05, 4.69) is 17.9 Å². The standard InChI is InChI=1S/C22H20F2O2/c1-2-3-4-17-14-25-22(26-15-17)12-7-16-5-8-18(9-6-16)19-10-11-20(23)21(24)13-19/h2-3,5-6,8-11,13,17,22H,4,14-15H2,1H3. The summed E-state index contributed by atoms with van der Waals surface area (Å²) in [7, 11) is 0. The molecule has 1 fully saturated rings. The molecule has 26 heavy (non-hydrogen) atoms. The first-order valence-corrected chi connectivity index (χ1v) is 8.57. The molecule has 3 rings (SSSR count). The highest BCUT2D eigenvalue weighted by atomic mass is 19.2. The van der Waals surface area contributed by atoms with Gasteiger partial charge in [-0.3, -0.25) is 0 Å². The van der Waals surface area contributed by atoms with Crippen LogP contribution in [0.2, 0.25) is 0 Å². The van der Waals surface area contributed by atoms with Crippen LogP contribution in [0, 0.1) is 29.4 Å². The Labute approximate surface area is 152 Å². The monoisotopic (exact) mass is 354 g/mol. The molecule has 0 N–H and O–H groups in total. The first-order chi connectivity index (χ1) is 12.7. The summed E-state index contributed by atoms with van der Waals surface area (Å²) in [6, 6.07) is 11.2. The highest BCUT2D eigenvalue weighted by molar-refractivity contribution is 5.64. The lowest BCUT2D eigenvalue weighted by molar-refractivity contribution is -0.168. The highest BCUT2D eigenvalue weighted by Crippen LogP contribution is 2.22. The number of hydrogen-bond donors (Lipinski definition) is 0. The summed E-state index contributed by atoms with van der Waals surface area (Å²) in [6.45, 7) is 3.27. The molecule has 0 spiro atoms. The molecule has 0 bridgehead atoms. The zero-order valence-corrected chi connectivity index (χ0v) is 14.5. The summed E-state index contributed by atoms with van der Waals surface area (Å²) in [5.74, 6) is 4.66. The van der Waals surface area contributed by atoms with E-state index in [-0.39, 0.29) is 0 Å². The van der Waals surface area contributed by atoms with Crippen molar-refractivity contribution in [2.75, 3.05) is 13.2 Å². The van der Waals surface area contributed by atoms with E-state index in [4.69, 9.17) is 9.47 Å². The number of allylic oxidation sites excluding steroid dienone is 2. The molecule has 0 unspecified atom stereocenters. The van der Waals surface area contributed by atoms with E-state index in [9.17, 15) is 8.78 Å². The molecule has 2 aromatic rings. The summed E-state index contributed by atoms with van der Waals surface area (Å²) in [6.07, 6.45) is 4.57. The van der Waals surface area contributed by atoms with Crippen molar-refractivity contribution in [2.24, 2.45) is 5.92 Å². The highest BCUT2D eigenvalue weighted by Gasteiger charge is 2.19. The van der Waals surface area contributed by atoms with E-state index < -0.39 is 17.9 Å². The Bertz CT molecular complexity index is 823. The predicted octanol–water partition coefficient (Wildman–Crippen LogP) is 4.94. The Kier molecular flexibility index (Phi) is 6.17. The van der Waals surface area contributed by atoms with Crippen molar-refractivity contribution in [1.29, 1.82) is 0 Å². The third kappa shape index (κ3) is 4.78. The van der Waals surface area contributed by atoms with Crippen LogP contribution in [0.15, 0.2) is 54.6 Å². The smallest absolute Gasteiger partial charge is 0.222 e. The van der Waals surface area contributed by atoms with Gasteiger partial charge in [0.15, 0.2) is 11.6 Å². The normalized spacial score (nSPS) is 20.0. The maximum Gasteiger partial charge on any atom is 0.222 e. The number of rotatable bonds is 3. The van der Waals surface area contributed by atoms with Gasteiger partial charge >= 0.3 is 0 Å². The number of benzene rings is 2. The van der Waals surface area contributed by atoms with E-state index in [0.29, 0.717) is 24.7 Å². The average molecular weight is 354 g/mol. The summed E-state index contributed by atoms with van der Waals surface area (Å²) in [5, 5.41) is 0. The first kappa shape index (κ1) is 18.3. The van der Waals surface area contributed by atoms with Crippen molar-refractivity contribution in [3.8, 4) is 23.0 Å². The predicted molar refractivity (Wildman–Crippen MR) is 97.3 cm³/mol. The quantitative estimate of drug-likeness (QED) is 0.574. The molecule has 0 radical (unpaired) electrons. The fraction of sp³-hybridized carbons (Fsp3) is 0.273. The van der Waals surface area contributed by atoms with Crippen LogP contribution in [0.25, 0.3) is 11.1 Å². The van der Waals surface area contributed by atoms with E-state index >= 15 is 0 Å². The zero-order chi connectivity index (χ0) is 18.4. The van der Waals surface area contributed by atoms with Gasteiger partial charge in [-0.2, -0.15) is 0 Å². The Hall–Kier alpha value is -2.48. The molecule has 0 saturated carbocycles. The molecule has 2 aromatic carbocycles. The first-order valence-electron chi connectivity index (χ1n) is 8.57. The van der Waals surface area contributed by atoms with E-state index in [0.717, 1.165) is 23.6 Å². The van der Waals surface area contributed by atoms with Crippen LogP contribution in [0.4, 0.5) is 8.78 Å². The van der Waals surface area contributed by atoms with Crippen LogP contribution in [-0.4, -0.2) is 19.5 Å². The van der Waals surface area contributed by atoms with Crippen LogP contribution >= 0.6 is 0 Å². The third-order valence-corrected chi connectivity index (χ3v) is 4.14. The van der Waals surface area contributed by atoms with Crippen molar-refractivity contribution in [3.05, 3.63) is 71.8 Å². The molecule has 1 aliphatic heterocycles. The van der Waals surface area contributed by atoms with Gasteiger partial charge in [0, 0.05) is 11.5 Å². The Morgan fingerprint density at radius 3 is 2.35 bits per heavy atom.